The molecule has 3 atom stereocenters. The zero-order valence-electron chi connectivity index (χ0n) is 14.1. The molecule has 0 bridgehead atoms. The van der Waals surface area contributed by atoms with Crippen LogP contribution >= 0.6 is 0 Å². The van der Waals surface area contributed by atoms with E-state index < -0.39 is 0 Å². The van der Waals surface area contributed by atoms with Crippen molar-refractivity contribution in [3.8, 4) is 0 Å². The lowest BCUT2D eigenvalue weighted by Gasteiger charge is -2.38. The summed E-state index contributed by atoms with van der Waals surface area (Å²) in [7, 11) is 0. The number of nitrogens with one attached hydrogen (secondary N) is 1. The minimum Gasteiger partial charge on any atom is -0.340 e. The van der Waals surface area contributed by atoms with Crippen molar-refractivity contribution in [2.75, 3.05) is 0 Å². The first kappa shape index (κ1) is 14.5. The van der Waals surface area contributed by atoms with Crippen molar-refractivity contribution < 1.29 is 4.79 Å². The summed E-state index contributed by atoms with van der Waals surface area (Å²) in [6, 6.07) is 8.79. The van der Waals surface area contributed by atoms with Gasteiger partial charge in [-0.25, -0.2) is 4.98 Å². The number of hydrogen-bond acceptors (Lipinski definition) is 2. The fourth-order valence-electron chi connectivity index (χ4n) is 5.02. The molecule has 1 aliphatic heterocycles. The largest absolute Gasteiger partial charge is 0.340 e. The fraction of sp³-hybridized carbons (Fsp3) is 0.600. The monoisotopic (exact) mass is 323 g/mol. The third-order valence-corrected chi connectivity index (χ3v) is 6.52. The average molecular weight is 323 g/mol. The number of likely N-dealkylation sites (tertiary alicyclic amines) is 1. The highest BCUT2D eigenvalue weighted by Gasteiger charge is 2.48. The maximum atomic E-state index is 13.2. The number of para-hydroxylation sites is 2. The normalized spacial score (nSPS) is 30.3. The molecule has 0 unspecified atom stereocenters. The number of amides is 1. The van der Waals surface area contributed by atoms with E-state index in [-0.39, 0.29) is 12.0 Å². The predicted octanol–water partition coefficient (Wildman–Crippen LogP) is 4.20. The van der Waals surface area contributed by atoms with Gasteiger partial charge in [-0.3, -0.25) is 4.79 Å². The lowest BCUT2D eigenvalue weighted by atomic mass is 9.82. The number of carbonyl (C=O) groups is 1. The van der Waals surface area contributed by atoms with Crippen LogP contribution in [-0.4, -0.2) is 26.8 Å². The molecule has 0 spiro atoms. The van der Waals surface area contributed by atoms with Crippen LogP contribution in [0.5, 0.6) is 0 Å². The van der Waals surface area contributed by atoms with Gasteiger partial charge in [-0.1, -0.05) is 31.4 Å². The Hall–Kier alpha value is -1.84. The van der Waals surface area contributed by atoms with Crippen molar-refractivity contribution in [1.82, 2.24) is 14.9 Å². The molecular weight excluding hydrogens is 298 g/mol. The lowest BCUT2D eigenvalue weighted by Crippen LogP contribution is -2.45. The first-order valence-corrected chi connectivity index (χ1v) is 9.58. The van der Waals surface area contributed by atoms with Crippen LogP contribution in [0.3, 0.4) is 0 Å². The van der Waals surface area contributed by atoms with Gasteiger partial charge in [0.1, 0.15) is 5.82 Å². The molecule has 1 aromatic carbocycles. The molecular formula is C20H25N3O. The molecule has 2 heterocycles. The summed E-state index contributed by atoms with van der Waals surface area (Å²) < 4.78 is 0. The summed E-state index contributed by atoms with van der Waals surface area (Å²) in [5.74, 6) is 2.35. The molecule has 1 amide bonds. The highest BCUT2D eigenvalue weighted by Crippen LogP contribution is 2.47. The van der Waals surface area contributed by atoms with Crippen molar-refractivity contribution >= 4 is 16.9 Å². The summed E-state index contributed by atoms with van der Waals surface area (Å²) in [5, 5.41) is 0. The SMILES string of the molecule is O=C(C1CCC1)N1[C@@H]2CCCC[C@@H]2C[C@H]1c1nc2ccccc2[nH]1. The van der Waals surface area contributed by atoms with Gasteiger partial charge in [-0.05, 0) is 50.2 Å². The van der Waals surface area contributed by atoms with E-state index >= 15 is 0 Å². The number of nitrogens with zero attached hydrogens (tertiary/aromatic N) is 2. The van der Waals surface area contributed by atoms with Crippen LogP contribution < -0.4 is 0 Å². The van der Waals surface area contributed by atoms with E-state index in [1.165, 1.54) is 32.1 Å². The molecule has 1 saturated heterocycles. The van der Waals surface area contributed by atoms with Gasteiger partial charge < -0.3 is 9.88 Å². The van der Waals surface area contributed by atoms with Crippen molar-refractivity contribution in [2.24, 2.45) is 11.8 Å². The van der Waals surface area contributed by atoms with Gasteiger partial charge in [-0.15, -0.1) is 0 Å². The number of benzene rings is 1. The van der Waals surface area contributed by atoms with Crippen molar-refractivity contribution in [3.05, 3.63) is 30.1 Å². The Morgan fingerprint density at radius 2 is 1.92 bits per heavy atom. The minimum atomic E-state index is 0.151. The highest BCUT2D eigenvalue weighted by atomic mass is 16.2. The number of rotatable bonds is 2. The minimum absolute atomic E-state index is 0.151. The zero-order valence-corrected chi connectivity index (χ0v) is 14.1. The van der Waals surface area contributed by atoms with Gasteiger partial charge in [0.25, 0.3) is 0 Å². The van der Waals surface area contributed by atoms with Gasteiger partial charge >= 0.3 is 0 Å². The Kier molecular flexibility index (Phi) is 3.39. The molecule has 4 nitrogen and oxygen atoms in total. The molecule has 24 heavy (non-hydrogen) atoms. The third kappa shape index (κ3) is 2.19. The van der Waals surface area contributed by atoms with E-state index in [4.69, 9.17) is 4.98 Å². The predicted molar refractivity (Wildman–Crippen MR) is 93.4 cm³/mol. The molecule has 2 saturated carbocycles. The second-order valence-corrected chi connectivity index (χ2v) is 7.88. The molecule has 3 aliphatic rings. The maximum Gasteiger partial charge on any atom is 0.226 e. The summed E-state index contributed by atoms with van der Waals surface area (Å²) in [6.45, 7) is 0. The van der Waals surface area contributed by atoms with Crippen LogP contribution in [0.2, 0.25) is 0 Å². The van der Waals surface area contributed by atoms with Crippen molar-refractivity contribution in [2.45, 2.75) is 63.5 Å². The van der Waals surface area contributed by atoms with Crippen LogP contribution in [0.25, 0.3) is 11.0 Å². The number of carbonyl (C=O) groups excluding carboxylic acids is 1. The van der Waals surface area contributed by atoms with Crippen molar-refractivity contribution in [3.63, 3.8) is 0 Å². The van der Waals surface area contributed by atoms with Gasteiger partial charge in [0.2, 0.25) is 5.91 Å². The number of hydrogen-bond donors (Lipinski definition) is 1. The average Bonchev–Trinajstić information content (AvgIpc) is 3.14. The summed E-state index contributed by atoms with van der Waals surface area (Å²) in [6.07, 6.45) is 9.51. The van der Waals surface area contributed by atoms with Crippen LogP contribution in [-0.2, 0) is 4.79 Å². The summed E-state index contributed by atoms with van der Waals surface area (Å²) in [4.78, 5) is 23.8. The number of imidazole rings is 1. The van der Waals surface area contributed by atoms with E-state index in [0.29, 0.717) is 17.9 Å². The Labute approximate surface area is 142 Å². The Morgan fingerprint density at radius 3 is 2.71 bits per heavy atom. The fourth-order valence-corrected chi connectivity index (χ4v) is 5.02. The number of fused-ring (bicyclic) bond motifs is 2. The number of aromatic amines is 1. The molecule has 1 N–H and O–H groups in total. The molecule has 1 aromatic heterocycles. The second kappa shape index (κ2) is 5.61. The smallest absolute Gasteiger partial charge is 0.226 e. The third-order valence-electron chi connectivity index (χ3n) is 6.52. The van der Waals surface area contributed by atoms with Gasteiger partial charge in [-0.2, -0.15) is 0 Å². The summed E-state index contributed by atoms with van der Waals surface area (Å²) >= 11 is 0. The Bertz CT molecular complexity index is 730. The van der Waals surface area contributed by atoms with Crippen LogP contribution in [0, 0.1) is 11.8 Å². The quantitative estimate of drug-likeness (QED) is 0.900. The van der Waals surface area contributed by atoms with Crippen LogP contribution in [0.4, 0.5) is 0 Å². The van der Waals surface area contributed by atoms with E-state index in [1.54, 1.807) is 0 Å². The molecule has 126 valence electrons. The molecule has 5 rings (SSSR count). The number of aromatic nitrogens is 2. The Balaban J connectivity index is 1.52. The van der Waals surface area contributed by atoms with Gasteiger partial charge in [0.05, 0.1) is 17.1 Å². The molecule has 2 aliphatic carbocycles. The molecule has 0 radical (unpaired) electrons. The lowest BCUT2D eigenvalue weighted by molar-refractivity contribution is -0.142. The van der Waals surface area contributed by atoms with E-state index in [9.17, 15) is 4.79 Å². The highest BCUT2D eigenvalue weighted by molar-refractivity contribution is 5.81. The van der Waals surface area contributed by atoms with Crippen LogP contribution in [0.1, 0.15) is 63.2 Å². The first-order valence-electron chi connectivity index (χ1n) is 9.58. The number of H-pyrrole nitrogens is 1. The molecule has 4 heteroatoms. The van der Waals surface area contributed by atoms with Crippen LogP contribution in [0.15, 0.2) is 24.3 Å². The van der Waals surface area contributed by atoms with E-state index in [2.05, 4.69) is 22.0 Å². The summed E-state index contributed by atoms with van der Waals surface area (Å²) in [5.41, 5.74) is 2.09. The van der Waals surface area contributed by atoms with Crippen molar-refractivity contribution in [1.29, 1.82) is 0 Å². The Morgan fingerprint density at radius 1 is 1.08 bits per heavy atom. The topological polar surface area (TPSA) is 49.0 Å². The first-order chi connectivity index (χ1) is 11.8. The molecule has 3 fully saturated rings. The van der Waals surface area contributed by atoms with Gasteiger partial charge in [0, 0.05) is 12.0 Å². The van der Waals surface area contributed by atoms with E-state index in [0.717, 1.165) is 36.1 Å². The molecule has 2 aromatic rings. The van der Waals surface area contributed by atoms with E-state index in [1.807, 2.05) is 12.1 Å². The second-order valence-electron chi connectivity index (χ2n) is 7.88. The zero-order chi connectivity index (χ0) is 16.1. The maximum absolute atomic E-state index is 13.2. The van der Waals surface area contributed by atoms with Gasteiger partial charge in [0.15, 0.2) is 0 Å². The standard InChI is InChI=1S/C20H25N3O/c24-20(13-7-5-8-13)23-17-11-4-1-6-14(17)12-18(23)19-21-15-9-2-3-10-16(15)22-19/h2-3,9-10,13-14,17-18H,1,4-8,11-12H2,(H,21,22)/t14-,17-,18+/m1/s1.